The van der Waals surface area contributed by atoms with E-state index in [0.29, 0.717) is 17.0 Å². The second kappa shape index (κ2) is 8.91. The molecule has 2 aliphatic heterocycles. The molecule has 0 spiro atoms. The van der Waals surface area contributed by atoms with Crippen molar-refractivity contribution < 1.29 is 14.3 Å². The number of hydrogen-bond donors (Lipinski definition) is 0. The number of ether oxygens (including phenoxy) is 1. The second-order valence-electron chi connectivity index (χ2n) is 9.03. The Morgan fingerprint density at radius 2 is 1.60 bits per heavy atom. The molecular weight excluding hydrogens is 440 g/mol. The molecule has 176 valence electrons. The molecule has 1 saturated heterocycles. The van der Waals surface area contributed by atoms with Crippen LogP contribution in [-0.2, 0) is 4.79 Å². The SMILES string of the molecule is O=C([C@@H]1CN(C(=O)c2ccc(-n3cnc4ccccc43)cc2)c2ccccc2O1)N1CCCCC1. The number of benzene rings is 3. The van der Waals surface area contributed by atoms with Gasteiger partial charge in [-0.15, -0.1) is 0 Å². The van der Waals surface area contributed by atoms with Gasteiger partial charge in [-0.2, -0.15) is 0 Å². The fourth-order valence-electron chi connectivity index (χ4n) is 4.96. The van der Waals surface area contributed by atoms with Crippen molar-refractivity contribution >= 4 is 28.5 Å². The zero-order chi connectivity index (χ0) is 23.8. The van der Waals surface area contributed by atoms with Crippen molar-refractivity contribution in [2.24, 2.45) is 0 Å². The first-order valence-corrected chi connectivity index (χ1v) is 12.1. The number of aromatic nitrogens is 2. The summed E-state index contributed by atoms with van der Waals surface area (Å²) in [6.07, 6.45) is 4.25. The van der Waals surface area contributed by atoms with Crippen LogP contribution in [0.15, 0.2) is 79.1 Å². The average Bonchev–Trinajstić information content (AvgIpc) is 3.36. The predicted molar refractivity (Wildman–Crippen MR) is 134 cm³/mol. The summed E-state index contributed by atoms with van der Waals surface area (Å²) in [5.74, 6) is 0.363. The molecule has 1 atom stereocenters. The lowest BCUT2D eigenvalue weighted by Gasteiger charge is -2.37. The quantitative estimate of drug-likeness (QED) is 0.448. The standard InChI is InChI=1S/C28H26N4O3/c33-27(20-12-14-21(15-13-20)32-19-29-22-8-2-3-9-23(22)32)31-18-26(28(34)30-16-6-1-7-17-30)35-25-11-5-4-10-24(25)31/h2-5,8-15,19,26H,1,6-7,16-18H2/t26-/m0/s1. The highest BCUT2D eigenvalue weighted by Crippen LogP contribution is 2.35. The van der Waals surface area contributed by atoms with Crippen LogP contribution in [0.5, 0.6) is 5.75 Å². The van der Waals surface area contributed by atoms with E-state index in [-0.39, 0.29) is 18.4 Å². The van der Waals surface area contributed by atoms with Crippen LogP contribution in [0, 0.1) is 0 Å². The van der Waals surface area contributed by atoms with Crippen LogP contribution in [0.2, 0.25) is 0 Å². The number of piperidine rings is 1. The van der Waals surface area contributed by atoms with E-state index in [2.05, 4.69) is 4.98 Å². The van der Waals surface area contributed by atoms with E-state index in [9.17, 15) is 9.59 Å². The lowest BCUT2D eigenvalue weighted by Crippen LogP contribution is -2.52. The van der Waals surface area contributed by atoms with Gasteiger partial charge < -0.3 is 14.5 Å². The van der Waals surface area contributed by atoms with Gasteiger partial charge in [0.05, 0.1) is 23.3 Å². The fraction of sp³-hybridized carbons (Fsp3) is 0.250. The molecule has 0 saturated carbocycles. The molecule has 6 rings (SSSR count). The summed E-state index contributed by atoms with van der Waals surface area (Å²) in [5.41, 5.74) is 4.09. The topological polar surface area (TPSA) is 67.7 Å². The number of imidazole rings is 1. The van der Waals surface area contributed by atoms with Crippen LogP contribution in [0.25, 0.3) is 16.7 Å². The van der Waals surface area contributed by atoms with E-state index >= 15 is 0 Å². The van der Waals surface area contributed by atoms with Crippen LogP contribution in [0.1, 0.15) is 29.6 Å². The number of rotatable bonds is 3. The first kappa shape index (κ1) is 21.4. The van der Waals surface area contributed by atoms with Crippen LogP contribution in [0.4, 0.5) is 5.69 Å². The molecule has 0 radical (unpaired) electrons. The molecule has 2 amide bonds. The lowest BCUT2D eigenvalue weighted by atomic mass is 10.1. The van der Waals surface area contributed by atoms with Crippen LogP contribution in [-0.4, -0.2) is 52.0 Å². The zero-order valence-corrected chi connectivity index (χ0v) is 19.3. The number of anilines is 1. The number of likely N-dealkylation sites (tertiary alicyclic amines) is 1. The molecule has 7 heteroatoms. The minimum Gasteiger partial charge on any atom is -0.476 e. The maximum Gasteiger partial charge on any atom is 0.265 e. The molecule has 0 bridgehead atoms. The molecule has 0 N–H and O–H groups in total. The van der Waals surface area contributed by atoms with Crippen LogP contribution < -0.4 is 9.64 Å². The molecular formula is C28H26N4O3. The van der Waals surface area contributed by atoms with E-state index < -0.39 is 6.10 Å². The summed E-state index contributed by atoms with van der Waals surface area (Å²) in [5, 5.41) is 0. The third-order valence-corrected chi connectivity index (χ3v) is 6.81. The first-order chi connectivity index (χ1) is 17.2. The Kier molecular flexibility index (Phi) is 5.45. The van der Waals surface area contributed by atoms with E-state index in [1.807, 2.05) is 82.3 Å². The van der Waals surface area contributed by atoms with Gasteiger partial charge in [0.15, 0.2) is 6.10 Å². The van der Waals surface area contributed by atoms with E-state index in [1.54, 1.807) is 11.2 Å². The molecule has 35 heavy (non-hydrogen) atoms. The number of nitrogens with zero attached hydrogens (tertiary/aromatic N) is 4. The average molecular weight is 467 g/mol. The Hall–Kier alpha value is -4.13. The summed E-state index contributed by atoms with van der Waals surface area (Å²) in [6.45, 7) is 1.69. The number of carbonyl (C=O) groups is 2. The highest BCUT2D eigenvalue weighted by molar-refractivity contribution is 6.08. The maximum absolute atomic E-state index is 13.6. The first-order valence-electron chi connectivity index (χ1n) is 12.1. The maximum atomic E-state index is 13.6. The molecule has 3 aromatic carbocycles. The normalized spacial score (nSPS) is 17.7. The molecule has 1 aromatic heterocycles. The number of para-hydroxylation sites is 4. The number of hydrogen-bond acceptors (Lipinski definition) is 4. The van der Waals surface area contributed by atoms with Crippen molar-refractivity contribution in [3.05, 3.63) is 84.7 Å². The van der Waals surface area contributed by atoms with Crippen LogP contribution >= 0.6 is 0 Å². The molecule has 3 heterocycles. The van der Waals surface area contributed by atoms with Crippen molar-refractivity contribution in [2.75, 3.05) is 24.5 Å². The minimum absolute atomic E-state index is 0.0423. The summed E-state index contributed by atoms with van der Waals surface area (Å²) in [4.78, 5) is 34.8. The lowest BCUT2D eigenvalue weighted by molar-refractivity contribution is -0.139. The van der Waals surface area contributed by atoms with Gasteiger partial charge >= 0.3 is 0 Å². The third-order valence-electron chi connectivity index (χ3n) is 6.81. The van der Waals surface area contributed by atoms with Gasteiger partial charge in [-0.05, 0) is 67.8 Å². The summed E-state index contributed by atoms with van der Waals surface area (Å²) in [7, 11) is 0. The molecule has 0 aliphatic carbocycles. The monoisotopic (exact) mass is 466 g/mol. The fourth-order valence-corrected chi connectivity index (χ4v) is 4.96. The van der Waals surface area contributed by atoms with Gasteiger partial charge in [-0.1, -0.05) is 24.3 Å². The van der Waals surface area contributed by atoms with Gasteiger partial charge in [0.1, 0.15) is 12.1 Å². The summed E-state index contributed by atoms with van der Waals surface area (Å²) >= 11 is 0. The van der Waals surface area contributed by atoms with Crippen LogP contribution in [0.3, 0.4) is 0 Å². The number of amides is 2. The Morgan fingerprint density at radius 3 is 2.43 bits per heavy atom. The molecule has 4 aromatic rings. The number of fused-ring (bicyclic) bond motifs is 2. The Labute approximate surface area is 203 Å². The smallest absolute Gasteiger partial charge is 0.265 e. The Bertz CT molecular complexity index is 1390. The van der Waals surface area contributed by atoms with Crippen molar-refractivity contribution in [3.63, 3.8) is 0 Å². The van der Waals surface area contributed by atoms with Crippen molar-refractivity contribution in [3.8, 4) is 11.4 Å². The summed E-state index contributed by atoms with van der Waals surface area (Å²) < 4.78 is 8.08. The van der Waals surface area contributed by atoms with Crippen molar-refractivity contribution in [1.82, 2.24) is 14.5 Å². The highest BCUT2D eigenvalue weighted by Gasteiger charge is 2.36. The third kappa shape index (κ3) is 3.93. The van der Waals surface area contributed by atoms with Crippen molar-refractivity contribution in [2.45, 2.75) is 25.4 Å². The van der Waals surface area contributed by atoms with Crippen molar-refractivity contribution in [1.29, 1.82) is 0 Å². The number of carbonyl (C=O) groups excluding carboxylic acids is 2. The van der Waals surface area contributed by atoms with E-state index in [0.717, 1.165) is 49.1 Å². The van der Waals surface area contributed by atoms with Gasteiger partial charge in [0, 0.05) is 24.3 Å². The van der Waals surface area contributed by atoms with E-state index in [1.165, 1.54) is 0 Å². The molecule has 0 unspecified atom stereocenters. The molecule has 7 nitrogen and oxygen atoms in total. The predicted octanol–water partition coefficient (Wildman–Crippen LogP) is 4.45. The molecule has 2 aliphatic rings. The second-order valence-corrected chi connectivity index (χ2v) is 9.03. The van der Waals surface area contributed by atoms with Gasteiger partial charge in [0.25, 0.3) is 11.8 Å². The van der Waals surface area contributed by atoms with E-state index in [4.69, 9.17) is 4.74 Å². The van der Waals surface area contributed by atoms with Gasteiger partial charge in [0.2, 0.25) is 0 Å². The van der Waals surface area contributed by atoms with Gasteiger partial charge in [-0.3, -0.25) is 14.2 Å². The summed E-state index contributed by atoms with van der Waals surface area (Å²) in [6, 6.07) is 22.8. The largest absolute Gasteiger partial charge is 0.476 e. The molecule has 1 fully saturated rings. The zero-order valence-electron chi connectivity index (χ0n) is 19.3. The Balaban J connectivity index is 1.28. The minimum atomic E-state index is -0.705. The highest BCUT2D eigenvalue weighted by atomic mass is 16.5. The Morgan fingerprint density at radius 1 is 0.857 bits per heavy atom. The van der Waals surface area contributed by atoms with Gasteiger partial charge in [-0.25, -0.2) is 4.98 Å².